The molecule has 1 amide bonds. The first-order valence-corrected chi connectivity index (χ1v) is 7.52. The molecular weight excluding hydrogens is 286 g/mol. The van der Waals surface area contributed by atoms with Gasteiger partial charge in [-0.3, -0.25) is 9.36 Å². The van der Waals surface area contributed by atoms with E-state index in [4.69, 9.17) is 5.73 Å². The minimum absolute atomic E-state index is 0.0726. The molecule has 0 spiro atoms. The fourth-order valence-electron chi connectivity index (χ4n) is 2.13. The average Bonchev–Trinajstić information content (AvgIpc) is 2.72. The third kappa shape index (κ3) is 3.55. The van der Waals surface area contributed by atoms with Crippen LogP contribution in [0.3, 0.4) is 0 Å². The molecule has 0 unspecified atom stereocenters. The van der Waals surface area contributed by atoms with Crippen LogP contribution in [0.1, 0.15) is 16.7 Å². The van der Waals surface area contributed by atoms with Crippen molar-refractivity contribution in [3.05, 3.63) is 28.8 Å². The first-order valence-electron chi connectivity index (χ1n) is 6.54. The number of nitrogens with one attached hydrogen (secondary N) is 1. The van der Waals surface area contributed by atoms with E-state index in [2.05, 4.69) is 27.6 Å². The number of carbonyl (C=O) groups is 1. The number of anilines is 2. The average molecular weight is 305 g/mol. The van der Waals surface area contributed by atoms with Crippen LogP contribution in [0, 0.1) is 20.8 Å². The normalized spacial score (nSPS) is 10.7. The van der Waals surface area contributed by atoms with Gasteiger partial charge < -0.3 is 11.1 Å². The standard InChI is InChI=1S/C14H19N5OS/c1-8-5-9(2)12(10(3)6-8)16-11(20)7-21-14-18-17-13(15)19(14)4/h5-6H,7H2,1-4H3,(H2,15,17)(H,16,20). The number of hydrogen-bond donors (Lipinski definition) is 2. The van der Waals surface area contributed by atoms with Crippen LogP contribution < -0.4 is 11.1 Å². The van der Waals surface area contributed by atoms with Crippen molar-refractivity contribution in [3.8, 4) is 0 Å². The molecule has 7 heteroatoms. The molecule has 0 saturated carbocycles. The number of benzene rings is 1. The quantitative estimate of drug-likeness (QED) is 0.844. The Morgan fingerprint density at radius 1 is 1.29 bits per heavy atom. The summed E-state index contributed by atoms with van der Waals surface area (Å²) in [5.41, 5.74) is 9.79. The molecule has 6 nitrogen and oxygen atoms in total. The maximum Gasteiger partial charge on any atom is 0.234 e. The molecule has 0 aliphatic heterocycles. The zero-order valence-corrected chi connectivity index (χ0v) is 13.4. The number of hydrogen-bond acceptors (Lipinski definition) is 5. The van der Waals surface area contributed by atoms with E-state index < -0.39 is 0 Å². The van der Waals surface area contributed by atoms with Crippen LogP contribution in [-0.2, 0) is 11.8 Å². The molecule has 1 aromatic heterocycles. The van der Waals surface area contributed by atoms with Gasteiger partial charge >= 0.3 is 0 Å². The number of rotatable bonds is 4. The number of amides is 1. The molecule has 2 aromatic rings. The smallest absolute Gasteiger partial charge is 0.234 e. The molecule has 21 heavy (non-hydrogen) atoms. The van der Waals surface area contributed by atoms with Crippen molar-refractivity contribution in [3.63, 3.8) is 0 Å². The summed E-state index contributed by atoms with van der Waals surface area (Å²) in [5, 5.41) is 11.2. The maximum atomic E-state index is 12.1. The van der Waals surface area contributed by atoms with Gasteiger partial charge in [-0.05, 0) is 31.9 Å². The molecule has 0 saturated heterocycles. The van der Waals surface area contributed by atoms with E-state index in [1.165, 1.54) is 17.3 Å². The molecule has 0 bridgehead atoms. The Labute approximate surface area is 128 Å². The van der Waals surface area contributed by atoms with Crippen LogP contribution >= 0.6 is 11.8 Å². The van der Waals surface area contributed by atoms with Gasteiger partial charge in [0, 0.05) is 12.7 Å². The highest BCUT2D eigenvalue weighted by Crippen LogP contribution is 2.23. The summed E-state index contributed by atoms with van der Waals surface area (Å²) >= 11 is 1.31. The van der Waals surface area contributed by atoms with E-state index in [1.807, 2.05) is 20.8 Å². The summed E-state index contributed by atoms with van der Waals surface area (Å²) in [4.78, 5) is 12.1. The molecule has 0 aliphatic carbocycles. The van der Waals surface area contributed by atoms with Gasteiger partial charge in [-0.25, -0.2) is 0 Å². The number of nitrogen functional groups attached to an aromatic ring is 1. The Morgan fingerprint density at radius 3 is 2.43 bits per heavy atom. The Balaban J connectivity index is 2.01. The highest BCUT2D eigenvalue weighted by Gasteiger charge is 2.11. The minimum Gasteiger partial charge on any atom is -0.368 e. The van der Waals surface area contributed by atoms with Crippen molar-refractivity contribution in [1.29, 1.82) is 0 Å². The van der Waals surface area contributed by atoms with Gasteiger partial charge in [0.05, 0.1) is 5.75 Å². The molecular formula is C14H19N5OS. The molecule has 0 aliphatic rings. The van der Waals surface area contributed by atoms with Crippen molar-refractivity contribution in [2.45, 2.75) is 25.9 Å². The van der Waals surface area contributed by atoms with Crippen molar-refractivity contribution in [2.24, 2.45) is 7.05 Å². The Morgan fingerprint density at radius 2 is 1.90 bits per heavy atom. The number of aryl methyl sites for hydroxylation is 3. The topological polar surface area (TPSA) is 85.8 Å². The van der Waals surface area contributed by atoms with E-state index in [1.54, 1.807) is 11.6 Å². The first kappa shape index (κ1) is 15.4. The summed E-state index contributed by atoms with van der Waals surface area (Å²) in [5.74, 6) is 0.526. The van der Waals surface area contributed by atoms with Crippen molar-refractivity contribution in [2.75, 3.05) is 16.8 Å². The predicted octanol–water partition coefficient (Wildman–Crippen LogP) is 2.05. The zero-order chi connectivity index (χ0) is 15.6. The summed E-state index contributed by atoms with van der Waals surface area (Å²) in [7, 11) is 1.77. The summed E-state index contributed by atoms with van der Waals surface area (Å²) in [6, 6.07) is 4.11. The van der Waals surface area contributed by atoms with E-state index >= 15 is 0 Å². The monoisotopic (exact) mass is 305 g/mol. The Bertz CT molecular complexity index is 657. The SMILES string of the molecule is Cc1cc(C)c(NC(=O)CSc2nnc(N)n2C)c(C)c1. The second-order valence-electron chi connectivity index (χ2n) is 5.01. The number of nitrogens with zero attached hydrogens (tertiary/aromatic N) is 3. The number of aromatic nitrogens is 3. The van der Waals surface area contributed by atoms with Crippen LogP contribution in [0.15, 0.2) is 17.3 Å². The lowest BCUT2D eigenvalue weighted by atomic mass is 10.1. The van der Waals surface area contributed by atoms with E-state index in [-0.39, 0.29) is 11.7 Å². The molecule has 2 rings (SSSR count). The Hall–Kier alpha value is -2.02. The predicted molar refractivity (Wildman–Crippen MR) is 85.4 cm³/mol. The maximum absolute atomic E-state index is 12.1. The summed E-state index contributed by atoms with van der Waals surface area (Å²) in [6.07, 6.45) is 0. The second-order valence-corrected chi connectivity index (χ2v) is 5.95. The van der Waals surface area contributed by atoms with Crippen molar-refractivity contribution >= 4 is 29.3 Å². The summed E-state index contributed by atoms with van der Waals surface area (Å²) in [6.45, 7) is 6.03. The van der Waals surface area contributed by atoms with Gasteiger partial charge in [-0.2, -0.15) is 0 Å². The fourth-order valence-corrected chi connectivity index (χ4v) is 2.85. The van der Waals surface area contributed by atoms with Gasteiger partial charge in [0.1, 0.15) is 0 Å². The molecule has 0 fully saturated rings. The molecule has 1 heterocycles. The van der Waals surface area contributed by atoms with Crippen LogP contribution in [0.25, 0.3) is 0 Å². The third-order valence-corrected chi connectivity index (χ3v) is 4.16. The van der Waals surface area contributed by atoms with E-state index in [0.717, 1.165) is 16.8 Å². The van der Waals surface area contributed by atoms with E-state index in [0.29, 0.717) is 11.1 Å². The molecule has 1 aromatic carbocycles. The van der Waals surface area contributed by atoms with Gasteiger partial charge in [-0.15, -0.1) is 10.2 Å². The Kier molecular flexibility index (Phi) is 4.52. The lowest BCUT2D eigenvalue weighted by molar-refractivity contribution is -0.113. The highest BCUT2D eigenvalue weighted by molar-refractivity contribution is 7.99. The van der Waals surface area contributed by atoms with Crippen LogP contribution in [0.4, 0.5) is 11.6 Å². The van der Waals surface area contributed by atoms with Gasteiger partial charge in [0.25, 0.3) is 0 Å². The van der Waals surface area contributed by atoms with Crippen molar-refractivity contribution in [1.82, 2.24) is 14.8 Å². The van der Waals surface area contributed by atoms with E-state index in [9.17, 15) is 4.79 Å². The highest BCUT2D eigenvalue weighted by atomic mass is 32.2. The van der Waals surface area contributed by atoms with Crippen molar-refractivity contribution < 1.29 is 4.79 Å². The zero-order valence-electron chi connectivity index (χ0n) is 12.6. The third-order valence-electron chi connectivity index (χ3n) is 3.14. The molecule has 3 N–H and O–H groups in total. The first-order chi connectivity index (χ1) is 9.88. The minimum atomic E-state index is -0.0726. The van der Waals surface area contributed by atoms with Gasteiger partial charge in [0.2, 0.25) is 11.9 Å². The lowest BCUT2D eigenvalue weighted by Gasteiger charge is -2.12. The number of carbonyl (C=O) groups excluding carboxylic acids is 1. The molecule has 112 valence electrons. The van der Waals surface area contributed by atoms with Gasteiger partial charge in [-0.1, -0.05) is 29.5 Å². The molecule has 0 atom stereocenters. The lowest BCUT2D eigenvalue weighted by Crippen LogP contribution is -2.16. The van der Waals surface area contributed by atoms with Crippen LogP contribution in [0.2, 0.25) is 0 Å². The van der Waals surface area contributed by atoms with Crippen LogP contribution in [-0.4, -0.2) is 26.4 Å². The van der Waals surface area contributed by atoms with Gasteiger partial charge in [0.15, 0.2) is 5.16 Å². The molecule has 0 radical (unpaired) electrons. The summed E-state index contributed by atoms with van der Waals surface area (Å²) < 4.78 is 1.65. The second kappa shape index (κ2) is 6.17. The van der Waals surface area contributed by atoms with Crippen LogP contribution in [0.5, 0.6) is 0 Å². The fraction of sp³-hybridized carbons (Fsp3) is 0.357. The number of thioether (sulfide) groups is 1. The largest absolute Gasteiger partial charge is 0.368 e. The number of nitrogens with two attached hydrogens (primary N) is 1.